The first kappa shape index (κ1) is 16.1. The van der Waals surface area contributed by atoms with Gasteiger partial charge in [-0.1, -0.05) is 47.5 Å². The van der Waals surface area contributed by atoms with E-state index >= 15 is 0 Å². The highest BCUT2D eigenvalue weighted by atomic mass is 35.5. The topological polar surface area (TPSA) is 27.1 Å². The van der Waals surface area contributed by atoms with E-state index in [9.17, 15) is 0 Å². The van der Waals surface area contributed by atoms with E-state index in [0.717, 1.165) is 17.0 Å². The summed E-state index contributed by atoms with van der Waals surface area (Å²) in [6, 6.07) is 15.3. The molecule has 118 valence electrons. The van der Waals surface area contributed by atoms with Crippen LogP contribution in [-0.2, 0) is 18.4 Å². The average Bonchev–Trinajstić information content (AvgIpc) is 2.96. The van der Waals surface area contributed by atoms with E-state index in [4.69, 9.17) is 27.9 Å². The molecule has 3 nitrogen and oxygen atoms in total. The molecule has 0 aliphatic carbocycles. The Morgan fingerprint density at radius 1 is 0.957 bits per heavy atom. The zero-order chi connectivity index (χ0) is 16.2. The van der Waals surface area contributed by atoms with Crippen molar-refractivity contribution in [2.75, 3.05) is 0 Å². The van der Waals surface area contributed by atoms with E-state index in [1.54, 1.807) is 6.20 Å². The quantitative estimate of drug-likeness (QED) is 0.647. The minimum Gasteiger partial charge on any atom is -0.361 e. The van der Waals surface area contributed by atoms with Crippen LogP contribution in [0, 0.1) is 0 Å². The first-order valence-electron chi connectivity index (χ1n) is 7.22. The number of benzene rings is 2. The zero-order valence-corrected chi connectivity index (χ0v) is 14.1. The maximum Gasteiger partial charge on any atom is 0.134 e. The minimum atomic E-state index is -0.207. The fraction of sp³-hybridized carbons (Fsp3) is 0.167. The highest BCUT2D eigenvalue weighted by molar-refractivity contribution is 6.30. The minimum absolute atomic E-state index is 0.207. The monoisotopic (exact) mass is 346 g/mol. The largest absolute Gasteiger partial charge is 0.361 e. The standard InChI is InChI=1S/C18H16Cl2N2O/c1-22-11-10-21-17(22)12-23-18(13-2-6-15(19)7-3-13)14-4-8-16(20)9-5-14/h2-11,18H,12H2,1H3. The van der Waals surface area contributed by atoms with Gasteiger partial charge in [0.15, 0.2) is 0 Å². The zero-order valence-electron chi connectivity index (χ0n) is 12.6. The second-order valence-electron chi connectivity index (χ2n) is 5.25. The molecular formula is C18H16Cl2N2O. The predicted molar refractivity (Wildman–Crippen MR) is 92.7 cm³/mol. The van der Waals surface area contributed by atoms with Crippen molar-refractivity contribution in [2.45, 2.75) is 12.7 Å². The lowest BCUT2D eigenvalue weighted by molar-refractivity contribution is 0.0609. The van der Waals surface area contributed by atoms with Crippen LogP contribution < -0.4 is 0 Å². The van der Waals surface area contributed by atoms with Gasteiger partial charge in [-0.3, -0.25) is 0 Å². The number of hydrogen-bond donors (Lipinski definition) is 0. The molecule has 5 heteroatoms. The molecule has 0 fully saturated rings. The van der Waals surface area contributed by atoms with Gasteiger partial charge < -0.3 is 9.30 Å². The molecule has 23 heavy (non-hydrogen) atoms. The molecule has 1 heterocycles. The molecule has 0 atom stereocenters. The Kier molecular flexibility index (Phi) is 5.01. The molecule has 1 aromatic heterocycles. The number of hydrogen-bond acceptors (Lipinski definition) is 2. The molecule has 0 aliphatic heterocycles. The van der Waals surface area contributed by atoms with Crippen LogP contribution in [0.1, 0.15) is 23.1 Å². The Morgan fingerprint density at radius 3 is 1.91 bits per heavy atom. The highest BCUT2D eigenvalue weighted by Gasteiger charge is 2.16. The molecule has 2 aromatic carbocycles. The average molecular weight is 347 g/mol. The summed E-state index contributed by atoms with van der Waals surface area (Å²) < 4.78 is 8.09. The van der Waals surface area contributed by atoms with Gasteiger partial charge in [0, 0.05) is 29.5 Å². The van der Waals surface area contributed by atoms with Crippen molar-refractivity contribution in [1.82, 2.24) is 9.55 Å². The summed E-state index contributed by atoms with van der Waals surface area (Å²) in [5, 5.41) is 1.40. The van der Waals surface area contributed by atoms with Gasteiger partial charge in [0.1, 0.15) is 18.5 Å². The van der Waals surface area contributed by atoms with Crippen LogP contribution in [0.5, 0.6) is 0 Å². The molecule has 0 amide bonds. The number of aryl methyl sites for hydroxylation is 1. The molecule has 0 N–H and O–H groups in total. The summed E-state index contributed by atoms with van der Waals surface area (Å²) in [7, 11) is 1.95. The molecular weight excluding hydrogens is 331 g/mol. The van der Waals surface area contributed by atoms with E-state index in [0.29, 0.717) is 16.7 Å². The number of ether oxygens (including phenoxy) is 1. The van der Waals surface area contributed by atoms with E-state index in [2.05, 4.69) is 4.98 Å². The van der Waals surface area contributed by atoms with Gasteiger partial charge in [-0.15, -0.1) is 0 Å². The molecule has 0 saturated carbocycles. The first-order valence-corrected chi connectivity index (χ1v) is 7.98. The highest BCUT2D eigenvalue weighted by Crippen LogP contribution is 2.29. The summed E-state index contributed by atoms with van der Waals surface area (Å²) in [5.74, 6) is 0.873. The Bertz CT molecular complexity index is 721. The fourth-order valence-corrected chi connectivity index (χ4v) is 2.61. The van der Waals surface area contributed by atoms with E-state index in [-0.39, 0.29) is 6.10 Å². The summed E-state index contributed by atoms with van der Waals surface area (Å²) in [6.45, 7) is 0.416. The Hall–Kier alpha value is -1.81. The normalized spacial score (nSPS) is 11.1. The third-order valence-electron chi connectivity index (χ3n) is 3.65. The van der Waals surface area contributed by atoms with E-state index in [1.165, 1.54) is 0 Å². The van der Waals surface area contributed by atoms with Crippen molar-refractivity contribution in [2.24, 2.45) is 7.05 Å². The number of nitrogens with zero attached hydrogens (tertiary/aromatic N) is 2. The molecule has 0 spiro atoms. The maximum absolute atomic E-state index is 6.15. The van der Waals surface area contributed by atoms with Gasteiger partial charge in [0.2, 0.25) is 0 Å². The van der Waals surface area contributed by atoms with Crippen molar-refractivity contribution in [3.63, 3.8) is 0 Å². The van der Waals surface area contributed by atoms with Gasteiger partial charge in [0.05, 0.1) is 0 Å². The van der Waals surface area contributed by atoms with Crippen molar-refractivity contribution >= 4 is 23.2 Å². The summed E-state index contributed by atoms with van der Waals surface area (Å²) in [5.41, 5.74) is 2.07. The SMILES string of the molecule is Cn1ccnc1COC(c1ccc(Cl)cc1)c1ccc(Cl)cc1. The molecule has 3 aromatic rings. The third-order valence-corrected chi connectivity index (χ3v) is 4.15. The van der Waals surface area contributed by atoms with Crippen LogP contribution in [0.15, 0.2) is 60.9 Å². The molecule has 0 unspecified atom stereocenters. The van der Waals surface area contributed by atoms with Crippen molar-refractivity contribution < 1.29 is 4.74 Å². The third kappa shape index (κ3) is 3.94. The van der Waals surface area contributed by atoms with Gasteiger partial charge in [-0.25, -0.2) is 4.98 Å². The van der Waals surface area contributed by atoms with Gasteiger partial charge >= 0.3 is 0 Å². The number of aromatic nitrogens is 2. The number of halogens is 2. The second kappa shape index (κ2) is 7.18. The summed E-state index contributed by atoms with van der Waals surface area (Å²) in [6.07, 6.45) is 3.46. The van der Waals surface area contributed by atoms with Crippen LogP contribution in [-0.4, -0.2) is 9.55 Å². The molecule has 3 rings (SSSR count). The molecule has 0 aliphatic rings. The predicted octanol–water partition coefficient (Wildman–Crippen LogP) is 5.03. The van der Waals surface area contributed by atoms with Crippen molar-refractivity contribution in [3.05, 3.63) is 87.9 Å². The van der Waals surface area contributed by atoms with E-state index < -0.39 is 0 Å². The van der Waals surface area contributed by atoms with E-state index in [1.807, 2.05) is 66.3 Å². The van der Waals surface area contributed by atoms with Crippen molar-refractivity contribution in [3.8, 4) is 0 Å². The molecule has 0 radical (unpaired) electrons. The lowest BCUT2D eigenvalue weighted by atomic mass is 10.0. The maximum atomic E-state index is 6.15. The number of imidazole rings is 1. The van der Waals surface area contributed by atoms with Gasteiger partial charge in [-0.05, 0) is 35.4 Å². The van der Waals surface area contributed by atoms with Crippen LogP contribution in [0.4, 0.5) is 0 Å². The van der Waals surface area contributed by atoms with Crippen LogP contribution in [0.2, 0.25) is 10.0 Å². The summed E-state index contributed by atoms with van der Waals surface area (Å²) >= 11 is 12.0. The van der Waals surface area contributed by atoms with Crippen molar-refractivity contribution in [1.29, 1.82) is 0 Å². The Morgan fingerprint density at radius 2 is 1.48 bits per heavy atom. The lowest BCUT2D eigenvalue weighted by Crippen LogP contribution is -2.09. The second-order valence-corrected chi connectivity index (χ2v) is 6.12. The van der Waals surface area contributed by atoms with Crippen LogP contribution in [0.25, 0.3) is 0 Å². The van der Waals surface area contributed by atoms with Crippen LogP contribution in [0.3, 0.4) is 0 Å². The first-order chi connectivity index (χ1) is 11.1. The Labute approximate surface area is 145 Å². The smallest absolute Gasteiger partial charge is 0.134 e. The lowest BCUT2D eigenvalue weighted by Gasteiger charge is -2.19. The van der Waals surface area contributed by atoms with Gasteiger partial charge in [0.25, 0.3) is 0 Å². The number of rotatable bonds is 5. The van der Waals surface area contributed by atoms with Crippen LogP contribution >= 0.6 is 23.2 Å². The molecule has 0 bridgehead atoms. The Balaban J connectivity index is 1.88. The fourth-order valence-electron chi connectivity index (χ4n) is 2.35. The molecule has 0 saturated heterocycles. The summed E-state index contributed by atoms with van der Waals surface area (Å²) in [4.78, 5) is 4.30. The van der Waals surface area contributed by atoms with Gasteiger partial charge in [-0.2, -0.15) is 0 Å².